The van der Waals surface area contributed by atoms with Crippen molar-refractivity contribution in [2.75, 3.05) is 0 Å². The SMILES string of the molecule is C[C@@H](OC(=O)Cc1c(-c2ccc(C(=O)Cc3ccnc(C(F)F)c3)cn2)nnn1C)c1cc(F)cnc1F. The number of alkyl halides is 2. The summed E-state index contributed by atoms with van der Waals surface area (Å²) in [5.41, 5.74) is 0.921. The molecule has 0 amide bonds. The molecular formula is C25H20F4N6O3. The number of ether oxygens (including phenoxy) is 1. The minimum absolute atomic E-state index is 0.120. The first-order valence-corrected chi connectivity index (χ1v) is 11.2. The maximum atomic E-state index is 13.9. The third-order valence-corrected chi connectivity index (χ3v) is 5.60. The van der Waals surface area contributed by atoms with Crippen LogP contribution in [0.3, 0.4) is 0 Å². The fourth-order valence-corrected chi connectivity index (χ4v) is 3.65. The largest absolute Gasteiger partial charge is 0.457 e. The number of nitrogens with zero attached hydrogens (tertiary/aromatic N) is 6. The van der Waals surface area contributed by atoms with Crippen LogP contribution >= 0.6 is 0 Å². The van der Waals surface area contributed by atoms with Crippen molar-refractivity contribution in [2.24, 2.45) is 7.05 Å². The second-order valence-electron chi connectivity index (χ2n) is 8.27. The molecule has 0 N–H and O–H groups in total. The molecule has 4 heterocycles. The molecule has 0 fully saturated rings. The van der Waals surface area contributed by atoms with Crippen molar-refractivity contribution in [3.05, 3.63) is 88.8 Å². The van der Waals surface area contributed by atoms with Gasteiger partial charge in [-0.05, 0) is 42.8 Å². The summed E-state index contributed by atoms with van der Waals surface area (Å²) >= 11 is 0. The van der Waals surface area contributed by atoms with E-state index < -0.39 is 36.0 Å². The average Bonchev–Trinajstić information content (AvgIpc) is 3.25. The highest BCUT2D eigenvalue weighted by Crippen LogP contribution is 2.24. The maximum absolute atomic E-state index is 13.9. The van der Waals surface area contributed by atoms with Crippen molar-refractivity contribution in [1.82, 2.24) is 29.9 Å². The van der Waals surface area contributed by atoms with Gasteiger partial charge in [0.05, 0.1) is 29.6 Å². The number of rotatable bonds is 9. The van der Waals surface area contributed by atoms with Crippen molar-refractivity contribution >= 4 is 11.8 Å². The molecule has 0 aromatic carbocycles. The van der Waals surface area contributed by atoms with E-state index in [2.05, 4.69) is 25.3 Å². The second-order valence-corrected chi connectivity index (χ2v) is 8.27. The quantitative estimate of drug-likeness (QED) is 0.138. The zero-order chi connectivity index (χ0) is 27.4. The van der Waals surface area contributed by atoms with Crippen LogP contribution in [0.2, 0.25) is 0 Å². The van der Waals surface area contributed by atoms with Crippen LogP contribution in [0.15, 0.2) is 48.9 Å². The first kappa shape index (κ1) is 26.5. The second kappa shape index (κ2) is 11.2. The third kappa shape index (κ3) is 6.05. The number of hydrogen-bond acceptors (Lipinski definition) is 8. The Bertz CT molecular complexity index is 1480. The predicted octanol–water partition coefficient (Wildman–Crippen LogP) is 4.16. The molecule has 0 aliphatic carbocycles. The molecule has 0 spiro atoms. The van der Waals surface area contributed by atoms with E-state index in [4.69, 9.17) is 4.74 Å². The van der Waals surface area contributed by atoms with Crippen molar-refractivity contribution in [1.29, 1.82) is 0 Å². The highest BCUT2D eigenvalue weighted by atomic mass is 19.3. The Morgan fingerprint density at radius 2 is 1.82 bits per heavy atom. The molecule has 0 unspecified atom stereocenters. The molecule has 1 atom stereocenters. The zero-order valence-electron chi connectivity index (χ0n) is 20.1. The standard InChI is InChI=1S/C25H20F4N6O3/c1-13(17-9-16(26)12-32-25(17)29)38-22(37)10-20-23(33-34-35(20)2)18-4-3-15(11-31-18)21(36)8-14-5-6-30-19(7-14)24(27)28/h3-7,9,11-13,24H,8,10H2,1-2H3/t13-/m1/s1. The molecule has 13 heteroatoms. The summed E-state index contributed by atoms with van der Waals surface area (Å²) in [5, 5.41) is 7.94. The van der Waals surface area contributed by atoms with Crippen LogP contribution in [0, 0.1) is 11.8 Å². The van der Waals surface area contributed by atoms with Crippen molar-refractivity contribution in [3.63, 3.8) is 0 Å². The highest BCUT2D eigenvalue weighted by molar-refractivity contribution is 5.97. The van der Waals surface area contributed by atoms with Gasteiger partial charge in [0.25, 0.3) is 6.43 Å². The number of ketones is 1. The van der Waals surface area contributed by atoms with E-state index >= 15 is 0 Å². The van der Waals surface area contributed by atoms with E-state index in [1.807, 2.05) is 0 Å². The molecule has 9 nitrogen and oxygen atoms in total. The molecule has 196 valence electrons. The predicted molar refractivity (Wildman–Crippen MR) is 124 cm³/mol. The molecular weight excluding hydrogens is 508 g/mol. The van der Waals surface area contributed by atoms with Gasteiger partial charge < -0.3 is 4.74 Å². The summed E-state index contributed by atoms with van der Waals surface area (Å²) in [4.78, 5) is 36.3. The molecule has 4 rings (SSSR count). The number of esters is 1. The summed E-state index contributed by atoms with van der Waals surface area (Å²) in [6.45, 7) is 1.39. The molecule has 38 heavy (non-hydrogen) atoms. The number of hydrogen-bond donors (Lipinski definition) is 0. The lowest BCUT2D eigenvalue weighted by Gasteiger charge is -2.14. The molecule has 0 bridgehead atoms. The number of pyridine rings is 3. The highest BCUT2D eigenvalue weighted by Gasteiger charge is 2.22. The van der Waals surface area contributed by atoms with Gasteiger partial charge in [-0.3, -0.25) is 24.2 Å². The van der Waals surface area contributed by atoms with Gasteiger partial charge in [0.15, 0.2) is 5.78 Å². The molecule has 0 aliphatic rings. The minimum Gasteiger partial charge on any atom is -0.457 e. The van der Waals surface area contributed by atoms with E-state index in [1.165, 1.54) is 48.3 Å². The summed E-state index contributed by atoms with van der Waals surface area (Å²) < 4.78 is 59.7. The summed E-state index contributed by atoms with van der Waals surface area (Å²) in [7, 11) is 1.55. The van der Waals surface area contributed by atoms with Crippen LogP contribution in [0.5, 0.6) is 0 Å². The first-order valence-electron chi connectivity index (χ1n) is 11.2. The zero-order valence-corrected chi connectivity index (χ0v) is 20.1. The van der Waals surface area contributed by atoms with E-state index in [9.17, 15) is 27.2 Å². The number of halogens is 4. The molecule has 0 radical (unpaired) electrons. The molecule has 0 saturated heterocycles. The van der Waals surface area contributed by atoms with Crippen molar-refractivity contribution in [2.45, 2.75) is 32.3 Å². The molecule has 0 aliphatic heterocycles. The smallest absolute Gasteiger partial charge is 0.312 e. The lowest BCUT2D eigenvalue weighted by molar-refractivity contribution is -0.148. The molecule has 4 aromatic rings. The van der Waals surface area contributed by atoms with E-state index in [-0.39, 0.29) is 35.4 Å². The average molecular weight is 528 g/mol. The number of Topliss-reactive ketones (excluding diaryl/α,β-unsaturated/α-hetero) is 1. The Hall–Kier alpha value is -4.55. The van der Waals surface area contributed by atoms with Crippen LogP contribution in [-0.4, -0.2) is 41.7 Å². The number of aromatic nitrogens is 6. The fourth-order valence-electron chi connectivity index (χ4n) is 3.65. The lowest BCUT2D eigenvalue weighted by Crippen LogP contribution is -2.15. The Labute approximate surface area is 213 Å². The Morgan fingerprint density at radius 1 is 1.03 bits per heavy atom. The van der Waals surface area contributed by atoms with Gasteiger partial charge in [-0.15, -0.1) is 5.10 Å². The topological polar surface area (TPSA) is 113 Å². The Balaban J connectivity index is 1.46. The van der Waals surface area contributed by atoms with Gasteiger partial charge in [0.2, 0.25) is 5.95 Å². The van der Waals surface area contributed by atoms with Crippen LogP contribution in [0.1, 0.15) is 52.3 Å². The van der Waals surface area contributed by atoms with Crippen LogP contribution in [0.4, 0.5) is 17.6 Å². The van der Waals surface area contributed by atoms with Gasteiger partial charge >= 0.3 is 5.97 Å². The number of aryl methyl sites for hydroxylation is 1. The van der Waals surface area contributed by atoms with E-state index in [0.717, 1.165) is 12.3 Å². The van der Waals surface area contributed by atoms with Gasteiger partial charge in [0, 0.05) is 31.4 Å². The van der Waals surface area contributed by atoms with E-state index in [1.54, 1.807) is 7.05 Å². The molecule has 0 saturated carbocycles. The normalized spacial score (nSPS) is 12.0. The minimum atomic E-state index is -2.74. The first-order chi connectivity index (χ1) is 18.1. The van der Waals surface area contributed by atoms with Crippen molar-refractivity contribution < 1.29 is 31.9 Å². The van der Waals surface area contributed by atoms with Crippen LogP contribution in [-0.2, 0) is 29.4 Å². The fraction of sp³-hybridized carbons (Fsp3) is 0.240. The third-order valence-electron chi connectivity index (χ3n) is 5.60. The van der Waals surface area contributed by atoms with Gasteiger partial charge in [-0.2, -0.15) is 4.39 Å². The number of carbonyl (C=O) groups is 2. The Morgan fingerprint density at radius 3 is 2.53 bits per heavy atom. The Kier molecular flexibility index (Phi) is 7.84. The molecule has 4 aromatic heterocycles. The van der Waals surface area contributed by atoms with Gasteiger partial charge in [-0.25, -0.2) is 18.2 Å². The van der Waals surface area contributed by atoms with Crippen molar-refractivity contribution in [3.8, 4) is 11.4 Å². The summed E-state index contributed by atoms with van der Waals surface area (Å²) in [6.07, 6.45) is -1.02. The summed E-state index contributed by atoms with van der Waals surface area (Å²) in [5.74, 6) is -2.81. The lowest BCUT2D eigenvalue weighted by atomic mass is 10.0. The summed E-state index contributed by atoms with van der Waals surface area (Å²) in [6, 6.07) is 6.57. The number of carbonyl (C=O) groups excluding carboxylic acids is 2. The van der Waals surface area contributed by atoms with Crippen LogP contribution < -0.4 is 0 Å². The van der Waals surface area contributed by atoms with E-state index in [0.29, 0.717) is 17.0 Å². The van der Waals surface area contributed by atoms with Crippen LogP contribution in [0.25, 0.3) is 11.4 Å². The maximum Gasteiger partial charge on any atom is 0.312 e. The van der Waals surface area contributed by atoms with Gasteiger partial charge in [-0.1, -0.05) is 5.21 Å². The van der Waals surface area contributed by atoms with Gasteiger partial charge in [0.1, 0.15) is 23.3 Å². The monoisotopic (exact) mass is 528 g/mol.